The number of rotatable bonds is 4. The highest BCUT2D eigenvalue weighted by Crippen LogP contribution is 2.20. The Labute approximate surface area is 108 Å². The van der Waals surface area contributed by atoms with Crippen LogP contribution >= 0.6 is 0 Å². The molecule has 0 heterocycles. The molecule has 1 N–H and O–H groups in total. The van der Waals surface area contributed by atoms with E-state index in [0.29, 0.717) is 5.56 Å². The van der Waals surface area contributed by atoms with Crippen LogP contribution in [0.15, 0.2) is 48.5 Å². The molecule has 2 aromatic rings. The summed E-state index contributed by atoms with van der Waals surface area (Å²) < 4.78 is 0. The van der Waals surface area contributed by atoms with Crippen LogP contribution in [0.25, 0.3) is 11.1 Å². The van der Waals surface area contributed by atoms with Crippen LogP contribution in [0.2, 0.25) is 0 Å². The maximum absolute atomic E-state index is 8.89. The van der Waals surface area contributed by atoms with Crippen LogP contribution in [0, 0.1) is 11.3 Å². The first-order valence-corrected chi connectivity index (χ1v) is 6.13. The summed E-state index contributed by atoms with van der Waals surface area (Å²) in [7, 11) is 0. The Morgan fingerprint density at radius 2 is 1.83 bits per heavy atom. The van der Waals surface area contributed by atoms with E-state index in [9.17, 15) is 0 Å². The van der Waals surface area contributed by atoms with E-state index in [1.165, 1.54) is 5.56 Å². The van der Waals surface area contributed by atoms with Gasteiger partial charge in [0.1, 0.15) is 0 Å². The quantitative estimate of drug-likeness (QED) is 0.883. The van der Waals surface area contributed by atoms with Crippen LogP contribution in [-0.4, -0.2) is 6.54 Å². The fraction of sp³-hybridized carbons (Fsp3) is 0.188. The van der Waals surface area contributed by atoms with Gasteiger partial charge in [0, 0.05) is 6.54 Å². The lowest BCUT2D eigenvalue weighted by molar-refractivity contribution is 0.727. The monoisotopic (exact) mass is 236 g/mol. The zero-order valence-corrected chi connectivity index (χ0v) is 10.5. The summed E-state index contributed by atoms with van der Waals surface area (Å²) in [6, 6.07) is 18.3. The van der Waals surface area contributed by atoms with Gasteiger partial charge in [-0.1, -0.05) is 43.3 Å². The highest BCUT2D eigenvalue weighted by Gasteiger charge is 1.99. The molecule has 0 aromatic heterocycles. The Hall–Kier alpha value is -2.11. The Morgan fingerprint density at radius 3 is 2.50 bits per heavy atom. The standard InChI is InChI=1S/C16H16N2/c1-2-18-12-13-6-8-15(9-7-13)16-5-3-4-14(10-16)11-17/h3-10,18H,2,12H2,1H3. The molecule has 0 unspecified atom stereocenters. The number of nitrogens with zero attached hydrogens (tertiary/aromatic N) is 1. The molecule has 0 saturated carbocycles. The minimum atomic E-state index is 0.698. The molecule has 0 aliphatic heterocycles. The molecule has 90 valence electrons. The minimum Gasteiger partial charge on any atom is -0.313 e. The number of hydrogen-bond donors (Lipinski definition) is 1. The first-order chi connectivity index (χ1) is 8.83. The molecule has 0 atom stereocenters. The second kappa shape index (κ2) is 6.00. The van der Waals surface area contributed by atoms with E-state index in [-0.39, 0.29) is 0 Å². The molecule has 2 nitrogen and oxygen atoms in total. The van der Waals surface area contributed by atoms with Gasteiger partial charge in [-0.3, -0.25) is 0 Å². The normalized spacial score (nSPS) is 10.0. The Morgan fingerprint density at radius 1 is 1.06 bits per heavy atom. The van der Waals surface area contributed by atoms with Crippen molar-refractivity contribution in [3.05, 3.63) is 59.7 Å². The molecular formula is C16H16N2. The maximum atomic E-state index is 8.89. The fourth-order valence-electron chi connectivity index (χ4n) is 1.85. The molecule has 0 amide bonds. The zero-order valence-electron chi connectivity index (χ0n) is 10.5. The van der Waals surface area contributed by atoms with Crippen LogP contribution in [0.3, 0.4) is 0 Å². The largest absolute Gasteiger partial charge is 0.313 e. The van der Waals surface area contributed by atoms with Crippen molar-refractivity contribution in [1.82, 2.24) is 5.32 Å². The maximum Gasteiger partial charge on any atom is 0.0991 e. The molecule has 0 saturated heterocycles. The molecule has 2 aromatic carbocycles. The lowest BCUT2D eigenvalue weighted by Gasteiger charge is -2.05. The molecule has 0 aliphatic rings. The smallest absolute Gasteiger partial charge is 0.0991 e. The van der Waals surface area contributed by atoms with Gasteiger partial charge in [0.05, 0.1) is 11.6 Å². The summed E-state index contributed by atoms with van der Waals surface area (Å²) in [4.78, 5) is 0. The van der Waals surface area contributed by atoms with Gasteiger partial charge in [0.15, 0.2) is 0 Å². The molecule has 2 heteroatoms. The molecule has 0 fully saturated rings. The second-order valence-corrected chi connectivity index (χ2v) is 4.17. The first-order valence-electron chi connectivity index (χ1n) is 6.13. The van der Waals surface area contributed by atoms with Crippen LogP contribution in [0.4, 0.5) is 0 Å². The van der Waals surface area contributed by atoms with Gasteiger partial charge in [-0.25, -0.2) is 0 Å². The Bertz CT molecular complexity index is 550. The van der Waals surface area contributed by atoms with Gasteiger partial charge >= 0.3 is 0 Å². The van der Waals surface area contributed by atoms with Gasteiger partial charge in [0.25, 0.3) is 0 Å². The summed E-state index contributed by atoms with van der Waals surface area (Å²) in [5.41, 5.74) is 4.21. The Balaban J connectivity index is 2.21. The minimum absolute atomic E-state index is 0.698. The van der Waals surface area contributed by atoms with Crippen molar-refractivity contribution in [2.45, 2.75) is 13.5 Å². The van der Waals surface area contributed by atoms with Crippen molar-refractivity contribution < 1.29 is 0 Å². The third-order valence-electron chi connectivity index (χ3n) is 2.86. The van der Waals surface area contributed by atoms with Crippen LogP contribution < -0.4 is 5.32 Å². The van der Waals surface area contributed by atoms with Gasteiger partial charge in [-0.05, 0) is 35.4 Å². The van der Waals surface area contributed by atoms with Gasteiger partial charge < -0.3 is 5.32 Å². The van der Waals surface area contributed by atoms with Crippen molar-refractivity contribution in [2.75, 3.05) is 6.54 Å². The molecule has 18 heavy (non-hydrogen) atoms. The van der Waals surface area contributed by atoms with Gasteiger partial charge in [0.2, 0.25) is 0 Å². The fourth-order valence-corrected chi connectivity index (χ4v) is 1.85. The van der Waals surface area contributed by atoms with Crippen molar-refractivity contribution in [2.24, 2.45) is 0 Å². The van der Waals surface area contributed by atoms with Gasteiger partial charge in [-0.15, -0.1) is 0 Å². The highest BCUT2D eigenvalue weighted by atomic mass is 14.8. The van der Waals surface area contributed by atoms with Crippen LogP contribution in [0.1, 0.15) is 18.1 Å². The van der Waals surface area contributed by atoms with E-state index < -0.39 is 0 Å². The van der Waals surface area contributed by atoms with E-state index in [0.717, 1.165) is 24.2 Å². The first kappa shape index (κ1) is 12.3. The lowest BCUT2D eigenvalue weighted by Crippen LogP contribution is -2.11. The van der Waals surface area contributed by atoms with E-state index in [4.69, 9.17) is 5.26 Å². The van der Waals surface area contributed by atoms with E-state index in [2.05, 4.69) is 42.6 Å². The van der Waals surface area contributed by atoms with Crippen LogP contribution in [0.5, 0.6) is 0 Å². The van der Waals surface area contributed by atoms with E-state index in [1.54, 1.807) is 0 Å². The Kier molecular flexibility index (Phi) is 4.11. The van der Waals surface area contributed by atoms with Crippen molar-refractivity contribution >= 4 is 0 Å². The van der Waals surface area contributed by atoms with E-state index >= 15 is 0 Å². The second-order valence-electron chi connectivity index (χ2n) is 4.17. The summed E-state index contributed by atoms with van der Waals surface area (Å²) in [5.74, 6) is 0. The summed E-state index contributed by atoms with van der Waals surface area (Å²) in [6.45, 7) is 3.97. The molecule has 0 aliphatic carbocycles. The third kappa shape index (κ3) is 2.97. The SMILES string of the molecule is CCNCc1ccc(-c2cccc(C#N)c2)cc1. The molecule has 2 rings (SSSR count). The highest BCUT2D eigenvalue weighted by molar-refractivity contribution is 5.65. The zero-order chi connectivity index (χ0) is 12.8. The summed E-state index contributed by atoms with van der Waals surface area (Å²) in [6.07, 6.45) is 0. The summed E-state index contributed by atoms with van der Waals surface area (Å²) >= 11 is 0. The predicted molar refractivity (Wildman–Crippen MR) is 74.0 cm³/mol. The average Bonchev–Trinajstić information content (AvgIpc) is 2.46. The number of nitrogens with one attached hydrogen (secondary N) is 1. The molecule has 0 spiro atoms. The lowest BCUT2D eigenvalue weighted by atomic mass is 10.0. The van der Waals surface area contributed by atoms with Crippen molar-refractivity contribution in [1.29, 1.82) is 5.26 Å². The predicted octanol–water partition coefficient (Wildman–Crippen LogP) is 3.33. The summed E-state index contributed by atoms with van der Waals surface area (Å²) in [5, 5.41) is 12.2. The van der Waals surface area contributed by atoms with Crippen LogP contribution in [-0.2, 0) is 6.54 Å². The molecular weight excluding hydrogens is 220 g/mol. The number of benzene rings is 2. The van der Waals surface area contributed by atoms with E-state index in [1.807, 2.05) is 24.3 Å². The number of nitriles is 1. The third-order valence-corrected chi connectivity index (χ3v) is 2.86. The molecule has 0 radical (unpaired) electrons. The molecule has 0 bridgehead atoms. The van der Waals surface area contributed by atoms with Crippen molar-refractivity contribution in [3.63, 3.8) is 0 Å². The average molecular weight is 236 g/mol. The van der Waals surface area contributed by atoms with Gasteiger partial charge in [-0.2, -0.15) is 5.26 Å². The number of hydrogen-bond acceptors (Lipinski definition) is 2. The van der Waals surface area contributed by atoms with Crippen molar-refractivity contribution in [3.8, 4) is 17.2 Å². The topological polar surface area (TPSA) is 35.8 Å².